The molecular weight excluding hydrogens is 390 g/mol. The second-order valence-electron chi connectivity index (χ2n) is 7.34. The number of rotatable bonds is 9. The Kier molecular flexibility index (Phi) is 7.57. The van der Waals surface area contributed by atoms with E-state index in [1.54, 1.807) is 60.7 Å². The molecule has 31 heavy (non-hydrogen) atoms. The molecule has 0 bridgehead atoms. The van der Waals surface area contributed by atoms with Gasteiger partial charge in [-0.3, -0.25) is 4.79 Å². The van der Waals surface area contributed by atoms with Gasteiger partial charge in [0, 0.05) is 0 Å². The van der Waals surface area contributed by atoms with Gasteiger partial charge in [0.1, 0.15) is 0 Å². The van der Waals surface area contributed by atoms with Crippen LogP contribution in [0.4, 0.5) is 0 Å². The lowest BCUT2D eigenvalue weighted by Gasteiger charge is -2.27. The molecule has 0 aliphatic rings. The quantitative estimate of drug-likeness (QED) is 0.514. The van der Waals surface area contributed by atoms with Crippen molar-refractivity contribution in [3.8, 4) is 0 Å². The first kappa shape index (κ1) is 22.2. The number of hydrogen-bond acceptors (Lipinski definition) is 4. The molecule has 160 valence electrons. The van der Waals surface area contributed by atoms with Crippen molar-refractivity contribution in [3.05, 3.63) is 108 Å². The molecule has 0 fully saturated rings. The van der Waals surface area contributed by atoms with E-state index in [4.69, 9.17) is 4.74 Å². The van der Waals surface area contributed by atoms with Gasteiger partial charge < -0.3 is 15.2 Å². The number of hydrogen-bond donors (Lipinski definition) is 2. The standard InChI is InChI=1S/C26H27NO4/c1-2-12-23(20-13-6-3-7-14-20)27-24(28)19-31-25(29)26(30,21-15-8-4-9-16-21)22-17-10-5-11-18-22/h3-11,13-18,23,30H,2,12,19H2,1H3,(H,27,28). The molecule has 1 amide bonds. The lowest BCUT2D eigenvalue weighted by Crippen LogP contribution is -2.41. The Labute approximate surface area is 182 Å². The van der Waals surface area contributed by atoms with E-state index in [0.717, 1.165) is 18.4 Å². The van der Waals surface area contributed by atoms with Gasteiger partial charge in [-0.15, -0.1) is 0 Å². The van der Waals surface area contributed by atoms with Crippen LogP contribution in [0.15, 0.2) is 91.0 Å². The van der Waals surface area contributed by atoms with Crippen molar-refractivity contribution in [2.24, 2.45) is 0 Å². The third kappa shape index (κ3) is 5.38. The van der Waals surface area contributed by atoms with Crippen LogP contribution in [0, 0.1) is 0 Å². The van der Waals surface area contributed by atoms with Crippen LogP contribution in [0.3, 0.4) is 0 Å². The van der Waals surface area contributed by atoms with E-state index in [1.165, 1.54) is 0 Å². The fourth-order valence-corrected chi connectivity index (χ4v) is 3.53. The summed E-state index contributed by atoms with van der Waals surface area (Å²) in [6.07, 6.45) is 1.66. The lowest BCUT2D eigenvalue weighted by molar-refractivity contribution is -0.164. The van der Waals surface area contributed by atoms with Gasteiger partial charge in [-0.25, -0.2) is 4.79 Å². The maximum absolute atomic E-state index is 13.0. The number of amides is 1. The van der Waals surface area contributed by atoms with Crippen molar-refractivity contribution in [2.75, 3.05) is 6.61 Å². The molecule has 3 rings (SSSR count). The van der Waals surface area contributed by atoms with Crippen LogP contribution in [0.2, 0.25) is 0 Å². The molecule has 0 spiro atoms. The molecule has 0 saturated heterocycles. The highest BCUT2D eigenvalue weighted by molar-refractivity contribution is 5.88. The minimum atomic E-state index is -2.01. The summed E-state index contributed by atoms with van der Waals surface area (Å²) < 4.78 is 5.29. The SMILES string of the molecule is CCCC(NC(=O)COC(=O)C(O)(c1ccccc1)c1ccccc1)c1ccccc1. The van der Waals surface area contributed by atoms with Crippen molar-refractivity contribution in [3.63, 3.8) is 0 Å². The summed E-state index contributed by atoms with van der Waals surface area (Å²) in [6, 6.07) is 26.7. The number of benzene rings is 3. The van der Waals surface area contributed by atoms with Crippen molar-refractivity contribution in [1.29, 1.82) is 0 Å². The highest BCUT2D eigenvalue weighted by Gasteiger charge is 2.41. The van der Waals surface area contributed by atoms with Crippen LogP contribution in [0.1, 0.15) is 42.5 Å². The minimum absolute atomic E-state index is 0.167. The van der Waals surface area contributed by atoms with Crippen molar-refractivity contribution < 1.29 is 19.4 Å². The number of carbonyl (C=O) groups excluding carboxylic acids is 2. The normalized spacial score (nSPS) is 12.1. The molecule has 1 unspecified atom stereocenters. The fraction of sp³-hybridized carbons (Fsp3) is 0.231. The van der Waals surface area contributed by atoms with Crippen LogP contribution in [-0.4, -0.2) is 23.6 Å². The zero-order valence-corrected chi connectivity index (χ0v) is 17.5. The Morgan fingerprint density at radius 1 is 0.871 bits per heavy atom. The van der Waals surface area contributed by atoms with Gasteiger partial charge in [0.25, 0.3) is 5.91 Å². The third-order valence-corrected chi connectivity index (χ3v) is 5.13. The van der Waals surface area contributed by atoms with E-state index in [-0.39, 0.29) is 6.04 Å². The molecule has 0 saturated carbocycles. The number of carbonyl (C=O) groups is 2. The maximum Gasteiger partial charge on any atom is 0.348 e. The molecule has 0 aromatic heterocycles. The predicted molar refractivity (Wildman–Crippen MR) is 119 cm³/mol. The van der Waals surface area contributed by atoms with Gasteiger partial charge >= 0.3 is 5.97 Å². The van der Waals surface area contributed by atoms with Crippen LogP contribution >= 0.6 is 0 Å². The maximum atomic E-state index is 13.0. The first-order valence-electron chi connectivity index (χ1n) is 10.4. The van der Waals surface area contributed by atoms with Gasteiger partial charge in [0.15, 0.2) is 6.61 Å². The van der Waals surface area contributed by atoms with Crippen molar-refractivity contribution in [2.45, 2.75) is 31.4 Å². The first-order chi connectivity index (χ1) is 15.1. The molecule has 3 aromatic carbocycles. The number of esters is 1. The van der Waals surface area contributed by atoms with Crippen LogP contribution in [0.5, 0.6) is 0 Å². The molecule has 0 aliphatic heterocycles. The highest BCUT2D eigenvalue weighted by atomic mass is 16.6. The molecule has 0 heterocycles. The topological polar surface area (TPSA) is 75.6 Å². The molecule has 2 N–H and O–H groups in total. The molecule has 5 nitrogen and oxygen atoms in total. The first-order valence-corrected chi connectivity index (χ1v) is 10.4. The van der Waals surface area contributed by atoms with Gasteiger partial charge in [-0.05, 0) is 23.1 Å². The summed E-state index contributed by atoms with van der Waals surface area (Å²) >= 11 is 0. The molecule has 0 aliphatic carbocycles. The van der Waals surface area contributed by atoms with Gasteiger partial charge in [0.2, 0.25) is 5.60 Å². The van der Waals surface area contributed by atoms with Gasteiger partial charge in [-0.2, -0.15) is 0 Å². The zero-order valence-electron chi connectivity index (χ0n) is 17.5. The minimum Gasteiger partial charge on any atom is -0.453 e. The molecule has 0 radical (unpaired) electrons. The summed E-state index contributed by atoms with van der Waals surface area (Å²) in [5.41, 5.74) is -0.265. The van der Waals surface area contributed by atoms with E-state index in [2.05, 4.69) is 5.32 Å². The molecule has 3 aromatic rings. The molecular formula is C26H27NO4. The number of ether oxygens (including phenoxy) is 1. The Morgan fingerprint density at radius 3 is 1.84 bits per heavy atom. The van der Waals surface area contributed by atoms with Gasteiger partial charge in [0.05, 0.1) is 6.04 Å². The fourth-order valence-electron chi connectivity index (χ4n) is 3.53. The van der Waals surface area contributed by atoms with E-state index in [0.29, 0.717) is 11.1 Å². The van der Waals surface area contributed by atoms with E-state index < -0.39 is 24.1 Å². The Balaban J connectivity index is 1.73. The predicted octanol–water partition coefficient (Wildman–Crippen LogP) is 4.12. The van der Waals surface area contributed by atoms with E-state index >= 15 is 0 Å². The van der Waals surface area contributed by atoms with E-state index in [9.17, 15) is 14.7 Å². The van der Waals surface area contributed by atoms with E-state index in [1.807, 2.05) is 37.3 Å². The lowest BCUT2D eigenvalue weighted by atomic mass is 9.86. The summed E-state index contributed by atoms with van der Waals surface area (Å²) in [4.78, 5) is 25.5. The summed E-state index contributed by atoms with van der Waals surface area (Å²) in [5, 5.41) is 14.3. The molecule has 1 atom stereocenters. The largest absolute Gasteiger partial charge is 0.453 e. The molecule has 5 heteroatoms. The highest BCUT2D eigenvalue weighted by Crippen LogP contribution is 2.31. The Hall–Kier alpha value is -3.44. The number of nitrogens with one attached hydrogen (secondary N) is 1. The van der Waals surface area contributed by atoms with Crippen LogP contribution in [-0.2, 0) is 19.9 Å². The Morgan fingerprint density at radius 2 is 1.35 bits per heavy atom. The van der Waals surface area contributed by atoms with Crippen molar-refractivity contribution in [1.82, 2.24) is 5.32 Å². The summed E-state index contributed by atoms with van der Waals surface area (Å²) in [5.74, 6) is -1.31. The number of aliphatic hydroxyl groups is 1. The zero-order chi connectivity index (χ0) is 22.1. The smallest absolute Gasteiger partial charge is 0.348 e. The monoisotopic (exact) mass is 417 g/mol. The van der Waals surface area contributed by atoms with Crippen LogP contribution in [0.25, 0.3) is 0 Å². The van der Waals surface area contributed by atoms with Crippen LogP contribution < -0.4 is 5.32 Å². The summed E-state index contributed by atoms with van der Waals surface area (Å²) in [6.45, 7) is 1.57. The second kappa shape index (κ2) is 10.5. The second-order valence-corrected chi connectivity index (χ2v) is 7.34. The van der Waals surface area contributed by atoms with Gasteiger partial charge in [-0.1, -0.05) is 104 Å². The average molecular weight is 418 g/mol. The summed E-state index contributed by atoms with van der Waals surface area (Å²) in [7, 11) is 0. The van der Waals surface area contributed by atoms with Crippen molar-refractivity contribution >= 4 is 11.9 Å². The Bertz CT molecular complexity index is 935. The third-order valence-electron chi connectivity index (χ3n) is 5.13. The average Bonchev–Trinajstić information content (AvgIpc) is 2.83.